The first kappa shape index (κ1) is 22.9. The number of amides is 2. The van der Waals surface area contributed by atoms with E-state index in [4.69, 9.17) is 4.74 Å². The third-order valence-electron chi connectivity index (χ3n) is 4.25. The normalized spacial score (nSPS) is 13.1. The summed E-state index contributed by atoms with van der Waals surface area (Å²) in [6.07, 6.45) is -5.26. The van der Waals surface area contributed by atoms with Crippen LogP contribution >= 0.6 is 0 Å². The molecule has 2 atom stereocenters. The average Bonchev–Trinajstić information content (AvgIpc) is 2.72. The maximum atomic E-state index is 12.7. The van der Waals surface area contributed by atoms with E-state index in [1.54, 1.807) is 66.0 Å². The van der Waals surface area contributed by atoms with E-state index >= 15 is 0 Å². The molecule has 0 bridgehead atoms. The minimum atomic E-state index is -5.15. The molecule has 0 unspecified atom stereocenters. The van der Waals surface area contributed by atoms with Gasteiger partial charge in [-0.25, -0.2) is 4.79 Å². The fourth-order valence-corrected chi connectivity index (χ4v) is 2.76. The van der Waals surface area contributed by atoms with Crippen molar-refractivity contribution in [3.05, 3.63) is 71.8 Å². The van der Waals surface area contributed by atoms with Gasteiger partial charge in [0.2, 0.25) is 5.91 Å². The number of carbonyl (C=O) groups is 3. The predicted molar refractivity (Wildman–Crippen MR) is 102 cm³/mol. The smallest absolute Gasteiger partial charge is 0.467 e. The van der Waals surface area contributed by atoms with Crippen molar-refractivity contribution in [1.82, 2.24) is 10.6 Å². The molecule has 2 aromatic rings. The lowest BCUT2D eigenvalue weighted by atomic mass is 10.0. The maximum absolute atomic E-state index is 12.7. The van der Waals surface area contributed by atoms with Crippen molar-refractivity contribution >= 4 is 17.8 Å². The summed E-state index contributed by atoms with van der Waals surface area (Å²) in [5.74, 6) is -3.92. The van der Waals surface area contributed by atoms with Crippen molar-refractivity contribution in [2.75, 3.05) is 7.11 Å². The first-order valence-electron chi connectivity index (χ1n) is 9.04. The molecule has 30 heavy (non-hydrogen) atoms. The molecule has 0 fully saturated rings. The number of benzene rings is 2. The van der Waals surface area contributed by atoms with Crippen LogP contribution in [0.25, 0.3) is 0 Å². The first-order chi connectivity index (χ1) is 14.2. The van der Waals surface area contributed by atoms with E-state index in [9.17, 15) is 27.6 Å². The fraction of sp³-hybridized carbons (Fsp3) is 0.286. The molecule has 0 aromatic heterocycles. The van der Waals surface area contributed by atoms with Crippen LogP contribution in [0.5, 0.6) is 0 Å². The first-order valence-corrected chi connectivity index (χ1v) is 9.04. The van der Waals surface area contributed by atoms with Crippen LogP contribution in [-0.2, 0) is 32.0 Å². The van der Waals surface area contributed by atoms with Gasteiger partial charge in [-0.3, -0.25) is 9.59 Å². The fourth-order valence-electron chi connectivity index (χ4n) is 2.76. The molecule has 9 heteroatoms. The van der Waals surface area contributed by atoms with E-state index in [1.165, 1.54) is 0 Å². The molecule has 0 radical (unpaired) electrons. The molecule has 0 aliphatic rings. The van der Waals surface area contributed by atoms with Gasteiger partial charge in [-0.05, 0) is 11.1 Å². The lowest BCUT2D eigenvalue weighted by molar-refractivity contribution is -0.174. The van der Waals surface area contributed by atoms with Gasteiger partial charge < -0.3 is 15.4 Å². The maximum Gasteiger partial charge on any atom is 0.471 e. The zero-order valence-corrected chi connectivity index (χ0v) is 16.1. The van der Waals surface area contributed by atoms with Crippen LogP contribution in [0.15, 0.2) is 60.7 Å². The number of nitrogens with one attached hydrogen (secondary N) is 2. The lowest BCUT2D eigenvalue weighted by Crippen LogP contribution is -2.55. The molecule has 0 aliphatic heterocycles. The van der Waals surface area contributed by atoms with Gasteiger partial charge >= 0.3 is 18.1 Å². The monoisotopic (exact) mass is 422 g/mol. The Morgan fingerprint density at radius 3 is 1.73 bits per heavy atom. The highest BCUT2D eigenvalue weighted by atomic mass is 19.4. The Morgan fingerprint density at radius 2 is 1.30 bits per heavy atom. The van der Waals surface area contributed by atoms with Crippen molar-refractivity contribution in [2.24, 2.45) is 0 Å². The van der Waals surface area contributed by atoms with Gasteiger partial charge in [-0.15, -0.1) is 0 Å². The standard InChI is InChI=1S/C21H21F3N2O4/c1-30-19(28)17(13-15-10-6-3-7-11-15)25-18(27)16(26-20(29)21(22,23)24)12-14-8-4-2-5-9-14/h2-11,16-17H,12-13H2,1H3,(H,25,27)(H,26,29)/t16-,17-/m0/s1. The van der Waals surface area contributed by atoms with E-state index in [-0.39, 0.29) is 12.8 Å². The second kappa shape index (κ2) is 10.4. The number of alkyl halides is 3. The van der Waals surface area contributed by atoms with Crippen molar-refractivity contribution in [1.29, 1.82) is 0 Å². The van der Waals surface area contributed by atoms with Gasteiger partial charge in [0.15, 0.2) is 0 Å². The van der Waals surface area contributed by atoms with Crippen molar-refractivity contribution < 1.29 is 32.3 Å². The summed E-state index contributed by atoms with van der Waals surface area (Å²) in [4.78, 5) is 36.3. The summed E-state index contributed by atoms with van der Waals surface area (Å²) in [6.45, 7) is 0. The molecule has 2 rings (SSSR count). The van der Waals surface area contributed by atoms with Crippen LogP contribution in [0, 0.1) is 0 Å². The number of methoxy groups -OCH3 is 1. The lowest BCUT2D eigenvalue weighted by Gasteiger charge is -2.23. The summed E-state index contributed by atoms with van der Waals surface area (Å²) in [6, 6.07) is 14.3. The van der Waals surface area contributed by atoms with Gasteiger partial charge in [0.1, 0.15) is 12.1 Å². The second-order valence-corrected chi connectivity index (χ2v) is 6.49. The molecule has 0 spiro atoms. The molecule has 0 saturated heterocycles. The van der Waals surface area contributed by atoms with E-state index in [0.717, 1.165) is 7.11 Å². The van der Waals surface area contributed by atoms with Gasteiger partial charge in [-0.2, -0.15) is 13.2 Å². The molecule has 0 aliphatic carbocycles. The van der Waals surface area contributed by atoms with Crippen LogP contribution in [0.3, 0.4) is 0 Å². The van der Waals surface area contributed by atoms with E-state index in [1.807, 2.05) is 0 Å². The number of halogens is 3. The van der Waals surface area contributed by atoms with Gasteiger partial charge in [0, 0.05) is 12.8 Å². The molecule has 160 valence electrons. The highest BCUT2D eigenvalue weighted by molar-refractivity contribution is 5.92. The van der Waals surface area contributed by atoms with Crippen molar-refractivity contribution in [3.63, 3.8) is 0 Å². The largest absolute Gasteiger partial charge is 0.471 e. The van der Waals surface area contributed by atoms with Gasteiger partial charge in [-0.1, -0.05) is 60.7 Å². The third-order valence-corrected chi connectivity index (χ3v) is 4.25. The molecule has 0 heterocycles. The number of esters is 1. The molecule has 6 nitrogen and oxygen atoms in total. The van der Waals surface area contributed by atoms with E-state index in [2.05, 4.69) is 5.32 Å². The van der Waals surface area contributed by atoms with Crippen molar-refractivity contribution in [2.45, 2.75) is 31.1 Å². The molecule has 0 saturated carbocycles. The molecule has 2 amide bonds. The SMILES string of the molecule is COC(=O)[C@H](Cc1ccccc1)NC(=O)[C@H](Cc1ccccc1)NC(=O)C(F)(F)F. The Labute approximate surface area is 171 Å². The quantitative estimate of drug-likeness (QED) is 0.639. The number of hydrogen-bond acceptors (Lipinski definition) is 4. The summed E-state index contributed by atoms with van der Waals surface area (Å²) in [5.41, 5.74) is 1.25. The summed E-state index contributed by atoms with van der Waals surface area (Å²) < 4.78 is 42.9. The zero-order chi connectivity index (χ0) is 22.1. The minimum absolute atomic E-state index is 0.0739. The number of rotatable bonds is 8. The van der Waals surface area contributed by atoms with E-state index in [0.29, 0.717) is 11.1 Å². The Balaban J connectivity index is 2.20. The highest BCUT2D eigenvalue weighted by Gasteiger charge is 2.41. The Morgan fingerprint density at radius 1 is 0.833 bits per heavy atom. The Hall–Kier alpha value is -3.36. The van der Waals surface area contributed by atoms with Crippen LogP contribution < -0.4 is 10.6 Å². The van der Waals surface area contributed by atoms with Crippen molar-refractivity contribution in [3.8, 4) is 0 Å². The summed E-state index contributed by atoms with van der Waals surface area (Å²) in [5, 5.41) is 4.10. The highest BCUT2D eigenvalue weighted by Crippen LogP contribution is 2.15. The molecule has 2 aromatic carbocycles. The average molecular weight is 422 g/mol. The number of carbonyl (C=O) groups excluding carboxylic acids is 3. The van der Waals surface area contributed by atoms with Crippen LogP contribution in [-0.4, -0.2) is 43.2 Å². The minimum Gasteiger partial charge on any atom is -0.467 e. The summed E-state index contributed by atoms with van der Waals surface area (Å²) in [7, 11) is 1.14. The van der Waals surface area contributed by atoms with Crippen LogP contribution in [0.2, 0.25) is 0 Å². The zero-order valence-electron chi connectivity index (χ0n) is 16.1. The number of hydrogen-bond donors (Lipinski definition) is 2. The van der Waals surface area contributed by atoms with Gasteiger partial charge in [0.25, 0.3) is 0 Å². The second-order valence-electron chi connectivity index (χ2n) is 6.49. The van der Waals surface area contributed by atoms with Gasteiger partial charge in [0.05, 0.1) is 7.11 Å². The predicted octanol–water partition coefficient (Wildman–Crippen LogP) is 2.18. The topological polar surface area (TPSA) is 84.5 Å². The third kappa shape index (κ3) is 6.91. The molecular weight excluding hydrogens is 401 g/mol. The molecular formula is C21H21F3N2O4. The van der Waals surface area contributed by atoms with Crippen LogP contribution in [0.1, 0.15) is 11.1 Å². The van der Waals surface area contributed by atoms with Crippen LogP contribution in [0.4, 0.5) is 13.2 Å². The number of ether oxygens (including phenoxy) is 1. The molecule has 2 N–H and O–H groups in total. The van der Waals surface area contributed by atoms with E-state index < -0.39 is 36.0 Å². The Kier molecular flexibility index (Phi) is 7.97. The summed E-state index contributed by atoms with van der Waals surface area (Å²) >= 11 is 0. The Bertz CT molecular complexity index is 858.